The molecular weight excluding hydrogens is 148 g/mol. The van der Waals surface area contributed by atoms with Crippen molar-refractivity contribution in [1.29, 1.82) is 0 Å². The van der Waals surface area contributed by atoms with Gasteiger partial charge in [-0.1, -0.05) is 6.08 Å². The summed E-state index contributed by atoms with van der Waals surface area (Å²) >= 11 is 0. The van der Waals surface area contributed by atoms with E-state index in [4.69, 9.17) is 14.9 Å². The molecule has 1 atom stereocenters. The van der Waals surface area contributed by atoms with Gasteiger partial charge in [-0.25, -0.2) is 0 Å². The summed E-state index contributed by atoms with van der Waals surface area (Å²) in [4.78, 5) is 10.1. The maximum Gasteiger partial charge on any atom is 0.306 e. The minimum Gasteiger partial charge on any atom is -0.481 e. The van der Waals surface area contributed by atoms with Crippen molar-refractivity contribution in [3.63, 3.8) is 0 Å². The lowest BCUT2D eigenvalue weighted by Gasteiger charge is -2.10. The first-order valence-corrected chi connectivity index (χ1v) is 3.25. The van der Waals surface area contributed by atoms with E-state index in [1.807, 2.05) is 0 Å². The lowest BCUT2D eigenvalue weighted by Crippen LogP contribution is -2.21. The van der Waals surface area contributed by atoms with Gasteiger partial charge in [0.2, 0.25) is 0 Å². The highest BCUT2D eigenvalue weighted by Gasteiger charge is 2.10. The molecule has 64 valence electrons. The third-order valence-electron chi connectivity index (χ3n) is 1.06. The molecule has 0 fully saturated rings. The van der Waals surface area contributed by atoms with Gasteiger partial charge in [-0.2, -0.15) is 0 Å². The molecule has 0 aliphatic carbocycles. The monoisotopic (exact) mass is 160 g/mol. The quantitative estimate of drug-likeness (QED) is 0.538. The minimum absolute atomic E-state index is 0.176. The molecule has 0 bridgehead atoms. The van der Waals surface area contributed by atoms with Gasteiger partial charge in [0.1, 0.15) is 0 Å². The van der Waals surface area contributed by atoms with Crippen molar-refractivity contribution in [2.24, 2.45) is 0 Å². The average Bonchev–Trinajstić information content (AvgIpc) is 1.97. The Morgan fingerprint density at radius 3 is 2.73 bits per heavy atom. The summed E-state index contributed by atoms with van der Waals surface area (Å²) in [5, 5.41) is 16.9. The van der Waals surface area contributed by atoms with Gasteiger partial charge in [-0.15, -0.1) is 6.58 Å². The molecule has 4 heteroatoms. The fourth-order valence-electron chi connectivity index (χ4n) is 0.575. The molecule has 11 heavy (non-hydrogen) atoms. The molecule has 0 aromatic heterocycles. The highest BCUT2D eigenvalue weighted by atomic mass is 16.5. The Morgan fingerprint density at radius 2 is 2.36 bits per heavy atom. The van der Waals surface area contributed by atoms with Crippen molar-refractivity contribution in [1.82, 2.24) is 0 Å². The highest BCUT2D eigenvalue weighted by molar-refractivity contribution is 5.67. The highest BCUT2D eigenvalue weighted by Crippen LogP contribution is 1.97. The first-order valence-electron chi connectivity index (χ1n) is 3.25. The molecule has 0 heterocycles. The number of ether oxygens (including phenoxy) is 1. The smallest absolute Gasteiger partial charge is 0.306 e. The van der Waals surface area contributed by atoms with Crippen LogP contribution < -0.4 is 0 Å². The number of aliphatic carboxylic acids is 1. The van der Waals surface area contributed by atoms with Crippen LogP contribution in [0.1, 0.15) is 6.42 Å². The molecule has 0 aliphatic rings. The number of aliphatic hydroxyl groups is 1. The number of rotatable bonds is 6. The van der Waals surface area contributed by atoms with Crippen molar-refractivity contribution in [3.05, 3.63) is 12.7 Å². The zero-order valence-electron chi connectivity index (χ0n) is 6.19. The summed E-state index contributed by atoms with van der Waals surface area (Å²) in [5.41, 5.74) is 0. The van der Waals surface area contributed by atoms with E-state index in [0.717, 1.165) is 0 Å². The van der Waals surface area contributed by atoms with Crippen molar-refractivity contribution in [2.75, 3.05) is 13.2 Å². The van der Waals surface area contributed by atoms with Crippen LogP contribution in [0.25, 0.3) is 0 Å². The Bertz CT molecular complexity index is 132. The number of hydrogen-bond acceptors (Lipinski definition) is 3. The van der Waals surface area contributed by atoms with Crippen molar-refractivity contribution >= 4 is 5.97 Å². The molecule has 0 saturated carbocycles. The Kier molecular flexibility index (Phi) is 5.42. The summed E-state index contributed by atoms with van der Waals surface area (Å²) in [6.07, 6.45) is 0.708. The van der Waals surface area contributed by atoms with E-state index in [1.54, 1.807) is 0 Å². The lowest BCUT2D eigenvalue weighted by atomic mass is 10.3. The molecule has 0 radical (unpaired) electrons. The third-order valence-corrected chi connectivity index (χ3v) is 1.06. The molecule has 1 unspecified atom stereocenters. The van der Waals surface area contributed by atoms with E-state index in [2.05, 4.69) is 6.58 Å². The standard InChI is InChI=1S/C7H12O4/c1-2-3-11-6(5-8)4-7(9)10/h2,6,8H,1,3-5H2,(H,9,10). The number of carbonyl (C=O) groups is 1. The zero-order chi connectivity index (χ0) is 8.69. The van der Waals surface area contributed by atoms with Crippen LogP contribution >= 0.6 is 0 Å². The average molecular weight is 160 g/mol. The predicted octanol–water partition coefficient (Wildman–Crippen LogP) is 0.0246. The summed E-state index contributed by atoms with van der Waals surface area (Å²) in [6.45, 7) is 3.38. The van der Waals surface area contributed by atoms with E-state index in [1.165, 1.54) is 6.08 Å². The fourth-order valence-corrected chi connectivity index (χ4v) is 0.575. The van der Waals surface area contributed by atoms with Crippen LogP contribution in [0, 0.1) is 0 Å². The second kappa shape index (κ2) is 5.88. The first kappa shape index (κ1) is 10.1. The van der Waals surface area contributed by atoms with Gasteiger partial charge >= 0.3 is 5.97 Å². The van der Waals surface area contributed by atoms with Gasteiger partial charge in [0.25, 0.3) is 0 Å². The van der Waals surface area contributed by atoms with Crippen molar-refractivity contribution in [2.45, 2.75) is 12.5 Å². The van der Waals surface area contributed by atoms with Crippen LogP contribution in [0.4, 0.5) is 0 Å². The lowest BCUT2D eigenvalue weighted by molar-refractivity contribution is -0.140. The largest absolute Gasteiger partial charge is 0.481 e. The van der Waals surface area contributed by atoms with Crippen LogP contribution in [0.3, 0.4) is 0 Å². The Labute approximate surface area is 65.1 Å². The molecule has 2 N–H and O–H groups in total. The van der Waals surface area contributed by atoms with Crippen LogP contribution in [-0.4, -0.2) is 35.5 Å². The minimum atomic E-state index is -0.979. The zero-order valence-corrected chi connectivity index (χ0v) is 6.19. The Balaban J connectivity index is 3.57. The number of carboxylic acids is 1. The normalized spacial score (nSPS) is 12.5. The second-order valence-corrected chi connectivity index (χ2v) is 2.02. The summed E-state index contributed by atoms with van der Waals surface area (Å²) in [5.74, 6) is -0.979. The van der Waals surface area contributed by atoms with Crippen LogP contribution in [-0.2, 0) is 9.53 Å². The molecule has 0 spiro atoms. The van der Waals surface area contributed by atoms with Crippen LogP contribution in [0.5, 0.6) is 0 Å². The molecule has 0 saturated heterocycles. The fraction of sp³-hybridized carbons (Fsp3) is 0.571. The third kappa shape index (κ3) is 5.57. The number of hydrogen-bond donors (Lipinski definition) is 2. The van der Waals surface area contributed by atoms with E-state index >= 15 is 0 Å². The molecule has 0 aliphatic heterocycles. The van der Waals surface area contributed by atoms with E-state index in [9.17, 15) is 4.79 Å². The Morgan fingerprint density at radius 1 is 1.73 bits per heavy atom. The van der Waals surface area contributed by atoms with Gasteiger partial charge in [0.15, 0.2) is 0 Å². The van der Waals surface area contributed by atoms with E-state index in [0.29, 0.717) is 0 Å². The molecule has 4 nitrogen and oxygen atoms in total. The van der Waals surface area contributed by atoms with Gasteiger partial charge in [-0.05, 0) is 0 Å². The first-order chi connectivity index (χ1) is 5.20. The van der Waals surface area contributed by atoms with Crippen LogP contribution in [0.2, 0.25) is 0 Å². The van der Waals surface area contributed by atoms with E-state index in [-0.39, 0.29) is 19.6 Å². The topological polar surface area (TPSA) is 66.8 Å². The second-order valence-electron chi connectivity index (χ2n) is 2.02. The SMILES string of the molecule is C=CCOC(CO)CC(=O)O. The van der Waals surface area contributed by atoms with Crippen molar-refractivity contribution in [3.8, 4) is 0 Å². The van der Waals surface area contributed by atoms with Gasteiger partial charge in [0, 0.05) is 0 Å². The van der Waals surface area contributed by atoms with Gasteiger partial charge in [-0.3, -0.25) is 4.79 Å². The Hall–Kier alpha value is -0.870. The predicted molar refractivity (Wildman–Crippen MR) is 39.3 cm³/mol. The van der Waals surface area contributed by atoms with Gasteiger partial charge in [0.05, 0.1) is 25.7 Å². The molecule has 0 rings (SSSR count). The summed E-state index contributed by atoms with van der Waals surface area (Å²) in [7, 11) is 0. The maximum atomic E-state index is 10.1. The summed E-state index contributed by atoms with van der Waals surface area (Å²) in [6, 6.07) is 0. The molecule has 0 aromatic rings. The molecular formula is C7H12O4. The van der Waals surface area contributed by atoms with E-state index < -0.39 is 12.1 Å². The molecule has 0 aromatic carbocycles. The van der Waals surface area contributed by atoms with Crippen molar-refractivity contribution < 1.29 is 19.7 Å². The molecule has 0 amide bonds. The maximum absolute atomic E-state index is 10.1. The summed E-state index contributed by atoms with van der Waals surface area (Å²) < 4.78 is 4.90. The number of aliphatic hydroxyl groups excluding tert-OH is 1. The van der Waals surface area contributed by atoms with Crippen LogP contribution in [0.15, 0.2) is 12.7 Å². The number of carboxylic acid groups (broad SMARTS) is 1. The van der Waals surface area contributed by atoms with Gasteiger partial charge < -0.3 is 14.9 Å².